The van der Waals surface area contributed by atoms with Crippen molar-refractivity contribution in [2.75, 3.05) is 19.6 Å². The quantitative estimate of drug-likeness (QED) is 0.560. The molecule has 0 aliphatic rings. The molecule has 0 amide bonds. The number of rotatable bonds is 12. The molecular formula is C19H33NO. The van der Waals surface area contributed by atoms with E-state index in [1.165, 1.54) is 51.6 Å². The fraction of sp³-hybridized carbons (Fsp3) is 0.684. The predicted octanol–water partition coefficient (Wildman–Crippen LogP) is 4.79. The fourth-order valence-electron chi connectivity index (χ4n) is 2.65. The van der Waals surface area contributed by atoms with Gasteiger partial charge in [0.1, 0.15) is 0 Å². The molecule has 1 N–H and O–H groups in total. The van der Waals surface area contributed by atoms with Gasteiger partial charge in [-0.1, -0.05) is 69.9 Å². The first-order valence-electron chi connectivity index (χ1n) is 8.73. The zero-order valence-corrected chi connectivity index (χ0v) is 13.9. The average molecular weight is 291 g/mol. The SMILES string of the molecule is CCCCCN(CCCCC)CC[C@H](O)c1ccccc1. The molecule has 0 heterocycles. The highest BCUT2D eigenvalue weighted by Gasteiger charge is 2.10. The Balaban J connectivity index is 2.35. The minimum atomic E-state index is -0.328. The second-order valence-electron chi connectivity index (χ2n) is 5.97. The first-order valence-corrected chi connectivity index (χ1v) is 8.73. The van der Waals surface area contributed by atoms with Gasteiger partial charge in [-0.15, -0.1) is 0 Å². The highest BCUT2D eigenvalue weighted by atomic mass is 16.3. The molecule has 1 atom stereocenters. The lowest BCUT2D eigenvalue weighted by atomic mass is 10.1. The molecule has 0 aliphatic heterocycles. The lowest BCUT2D eigenvalue weighted by Crippen LogP contribution is -2.28. The van der Waals surface area contributed by atoms with Crippen molar-refractivity contribution in [1.29, 1.82) is 0 Å². The number of aliphatic hydroxyl groups excluding tert-OH is 1. The zero-order chi connectivity index (χ0) is 15.3. The summed E-state index contributed by atoms with van der Waals surface area (Å²) >= 11 is 0. The third-order valence-electron chi connectivity index (χ3n) is 4.06. The maximum absolute atomic E-state index is 10.3. The molecule has 2 nitrogen and oxygen atoms in total. The Morgan fingerprint density at radius 1 is 0.857 bits per heavy atom. The molecule has 1 aromatic rings. The fourth-order valence-corrected chi connectivity index (χ4v) is 2.65. The largest absolute Gasteiger partial charge is 0.388 e. The summed E-state index contributed by atoms with van der Waals surface area (Å²) in [6.45, 7) is 7.86. The highest BCUT2D eigenvalue weighted by Crippen LogP contribution is 2.17. The van der Waals surface area contributed by atoms with Crippen molar-refractivity contribution in [2.24, 2.45) is 0 Å². The van der Waals surface area contributed by atoms with E-state index in [4.69, 9.17) is 0 Å². The van der Waals surface area contributed by atoms with Crippen LogP contribution in [0.2, 0.25) is 0 Å². The monoisotopic (exact) mass is 291 g/mol. The number of benzene rings is 1. The summed E-state index contributed by atoms with van der Waals surface area (Å²) in [6, 6.07) is 10.0. The van der Waals surface area contributed by atoms with Crippen molar-refractivity contribution >= 4 is 0 Å². The molecule has 0 bridgehead atoms. The first kappa shape index (κ1) is 18.2. The Morgan fingerprint density at radius 2 is 1.43 bits per heavy atom. The summed E-state index contributed by atoms with van der Waals surface area (Å²) in [6.07, 6.45) is 8.24. The second-order valence-corrected chi connectivity index (χ2v) is 5.97. The van der Waals surface area contributed by atoms with Gasteiger partial charge in [-0.2, -0.15) is 0 Å². The van der Waals surface area contributed by atoms with E-state index in [0.717, 1.165) is 18.5 Å². The van der Waals surface area contributed by atoms with Gasteiger partial charge in [-0.05, 0) is 37.9 Å². The minimum absolute atomic E-state index is 0.328. The Hall–Kier alpha value is -0.860. The summed E-state index contributed by atoms with van der Waals surface area (Å²) < 4.78 is 0. The Bertz CT molecular complexity index is 329. The molecule has 0 aromatic heterocycles. The standard InChI is InChI=1S/C19H33NO/c1-3-5-10-15-20(16-11-6-4-2)17-14-19(21)18-12-8-7-9-13-18/h7-9,12-13,19,21H,3-6,10-11,14-17H2,1-2H3/t19-/m0/s1. The van der Waals surface area contributed by atoms with Gasteiger partial charge in [0.05, 0.1) is 6.10 Å². The number of unbranched alkanes of at least 4 members (excludes halogenated alkanes) is 4. The summed E-state index contributed by atoms with van der Waals surface area (Å²) in [7, 11) is 0. The summed E-state index contributed by atoms with van der Waals surface area (Å²) in [4.78, 5) is 2.54. The van der Waals surface area contributed by atoms with Gasteiger partial charge in [0.2, 0.25) is 0 Å². The van der Waals surface area contributed by atoms with Gasteiger partial charge in [-0.3, -0.25) is 0 Å². The van der Waals surface area contributed by atoms with Crippen LogP contribution in [-0.2, 0) is 0 Å². The molecule has 21 heavy (non-hydrogen) atoms. The van der Waals surface area contributed by atoms with Gasteiger partial charge in [0.15, 0.2) is 0 Å². The van der Waals surface area contributed by atoms with Gasteiger partial charge in [0, 0.05) is 6.54 Å². The van der Waals surface area contributed by atoms with E-state index in [1.54, 1.807) is 0 Å². The molecule has 0 saturated carbocycles. The third kappa shape index (κ3) is 8.23. The van der Waals surface area contributed by atoms with Crippen LogP contribution in [0.5, 0.6) is 0 Å². The molecule has 2 heteroatoms. The van der Waals surface area contributed by atoms with Gasteiger partial charge < -0.3 is 10.0 Å². The minimum Gasteiger partial charge on any atom is -0.388 e. The Kier molecular flexibility index (Phi) is 10.2. The number of hydrogen-bond acceptors (Lipinski definition) is 2. The molecule has 0 radical (unpaired) electrons. The molecule has 0 spiro atoms. The first-order chi connectivity index (χ1) is 10.3. The second kappa shape index (κ2) is 11.8. The normalized spacial score (nSPS) is 12.8. The Morgan fingerprint density at radius 3 is 1.95 bits per heavy atom. The van der Waals surface area contributed by atoms with Crippen LogP contribution in [0, 0.1) is 0 Å². The summed E-state index contributed by atoms with van der Waals surface area (Å²) in [5.41, 5.74) is 1.04. The molecule has 120 valence electrons. The van der Waals surface area contributed by atoms with Crippen molar-refractivity contribution < 1.29 is 5.11 Å². The lowest BCUT2D eigenvalue weighted by Gasteiger charge is -2.23. The predicted molar refractivity (Wildman–Crippen MR) is 91.5 cm³/mol. The van der Waals surface area contributed by atoms with E-state index in [2.05, 4.69) is 18.7 Å². The lowest BCUT2D eigenvalue weighted by molar-refractivity contribution is 0.140. The number of hydrogen-bond donors (Lipinski definition) is 1. The maximum Gasteiger partial charge on any atom is 0.0802 e. The van der Waals surface area contributed by atoms with Crippen LogP contribution >= 0.6 is 0 Å². The van der Waals surface area contributed by atoms with Gasteiger partial charge in [-0.25, -0.2) is 0 Å². The van der Waals surface area contributed by atoms with Crippen molar-refractivity contribution in [3.05, 3.63) is 35.9 Å². The van der Waals surface area contributed by atoms with Crippen molar-refractivity contribution in [1.82, 2.24) is 4.90 Å². The maximum atomic E-state index is 10.3. The highest BCUT2D eigenvalue weighted by molar-refractivity contribution is 5.17. The van der Waals surface area contributed by atoms with Gasteiger partial charge >= 0.3 is 0 Å². The summed E-state index contributed by atoms with van der Waals surface area (Å²) in [5, 5.41) is 10.3. The van der Waals surface area contributed by atoms with Crippen molar-refractivity contribution in [2.45, 2.75) is 64.9 Å². The van der Waals surface area contributed by atoms with Crippen LogP contribution < -0.4 is 0 Å². The molecule has 0 fully saturated rings. The molecular weight excluding hydrogens is 258 g/mol. The van der Waals surface area contributed by atoms with E-state index in [1.807, 2.05) is 30.3 Å². The molecule has 0 aliphatic carbocycles. The third-order valence-corrected chi connectivity index (χ3v) is 4.06. The number of aliphatic hydroxyl groups is 1. The van der Waals surface area contributed by atoms with Crippen LogP contribution in [0.15, 0.2) is 30.3 Å². The van der Waals surface area contributed by atoms with Crippen molar-refractivity contribution in [3.63, 3.8) is 0 Å². The van der Waals surface area contributed by atoms with E-state index in [0.29, 0.717) is 0 Å². The molecule has 1 aromatic carbocycles. The molecule has 0 saturated heterocycles. The van der Waals surface area contributed by atoms with E-state index >= 15 is 0 Å². The van der Waals surface area contributed by atoms with Crippen LogP contribution in [0.3, 0.4) is 0 Å². The summed E-state index contributed by atoms with van der Waals surface area (Å²) in [5.74, 6) is 0. The molecule has 0 unspecified atom stereocenters. The average Bonchev–Trinajstić information content (AvgIpc) is 2.53. The van der Waals surface area contributed by atoms with Crippen LogP contribution in [0.1, 0.15) is 70.5 Å². The topological polar surface area (TPSA) is 23.5 Å². The molecule has 1 rings (SSSR count). The van der Waals surface area contributed by atoms with Crippen LogP contribution in [0.25, 0.3) is 0 Å². The van der Waals surface area contributed by atoms with E-state index < -0.39 is 0 Å². The Labute approximate surface area is 131 Å². The number of nitrogens with zero attached hydrogens (tertiary/aromatic N) is 1. The zero-order valence-electron chi connectivity index (χ0n) is 13.9. The van der Waals surface area contributed by atoms with Gasteiger partial charge in [0.25, 0.3) is 0 Å². The van der Waals surface area contributed by atoms with Crippen molar-refractivity contribution in [3.8, 4) is 0 Å². The van der Waals surface area contributed by atoms with Crippen LogP contribution in [0.4, 0.5) is 0 Å². The van der Waals surface area contributed by atoms with Crippen LogP contribution in [-0.4, -0.2) is 29.6 Å². The van der Waals surface area contributed by atoms with E-state index in [9.17, 15) is 5.11 Å². The smallest absolute Gasteiger partial charge is 0.0802 e. The van der Waals surface area contributed by atoms with E-state index in [-0.39, 0.29) is 6.10 Å².